The lowest BCUT2D eigenvalue weighted by atomic mass is 9.99. The molecule has 2 nitrogen and oxygen atoms in total. The Morgan fingerprint density at radius 2 is 1.05 bits per heavy atom. The summed E-state index contributed by atoms with van der Waals surface area (Å²) in [4.78, 5) is 0. The van der Waals surface area contributed by atoms with E-state index in [0.717, 1.165) is 0 Å². The molecule has 0 saturated carbocycles. The minimum absolute atomic E-state index is 1.18. The molecular weight excluding hydrogens is 516 g/mol. The Morgan fingerprint density at radius 3 is 1.80 bits per heavy atom. The first kappa shape index (κ1) is 22.7. The van der Waals surface area contributed by atoms with Gasteiger partial charge in [0.25, 0.3) is 0 Å². The molecule has 0 fully saturated rings. The van der Waals surface area contributed by atoms with E-state index < -0.39 is 0 Å². The van der Waals surface area contributed by atoms with Crippen LogP contribution < -0.4 is 0 Å². The molecule has 3 heteroatoms. The van der Waals surface area contributed by atoms with Crippen molar-refractivity contribution in [1.29, 1.82) is 0 Å². The molecule has 0 atom stereocenters. The summed E-state index contributed by atoms with van der Waals surface area (Å²) in [5, 5.41) is 5.17. The van der Waals surface area contributed by atoms with Crippen molar-refractivity contribution < 1.29 is 0 Å². The van der Waals surface area contributed by atoms with E-state index in [1.807, 2.05) is 11.3 Å². The predicted molar refractivity (Wildman–Crippen MR) is 176 cm³/mol. The van der Waals surface area contributed by atoms with Gasteiger partial charge in [0.1, 0.15) is 0 Å². The van der Waals surface area contributed by atoms with E-state index in [0.29, 0.717) is 0 Å². The molecule has 0 aliphatic rings. The summed E-state index contributed by atoms with van der Waals surface area (Å²) in [6, 6.07) is 52.7. The maximum absolute atomic E-state index is 2.45. The molecule has 3 heterocycles. The molecule has 3 aromatic heterocycles. The van der Waals surface area contributed by atoms with Gasteiger partial charge >= 0.3 is 0 Å². The SMILES string of the molecule is c1ccc(-n2c3ccccc3c3cc(-c4cccc5sc6c7ccccc7n(-c7ccccc7)c6c45)ccc32)cc1. The van der Waals surface area contributed by atoms with Crippen LogP contribution in [0.5, 0.6) is 0 Å². The third-order valence-corrected chi connectivity index (χ3v) is 9.49. The van der Waals surface area contributed by atoms with Crippen LogP contribution in [0.3, 0.4) is 0 Å². The molecule has 0 spiro atoms. The highest BCUT2D eigenvalue weighted by molar-refractivity contribution is 7.26. The van der Waals surface area contributed by atoms with Crippen LogP contribution in [0.1, 0.15) is 0 Å². The second-order valence-corrected chi connectivity index (χ2v) is 11.6. The average Bonchev–Trinajstić information content (AvgIpc) is 3.68. The third-order valence-electron chi connectivity index (χ3n) is 8.32. The van der Waals surface area contributed by atoms with Crippen molar-refractivity contribution in [2.24, 2.45) is 0 Å². The highest BCUT2D eigenvalue weighted by atomic mass is 32.1. The molecule has 0 radical (unpaired) electrons. The van der Waals surface area contributed by atoms with Gasteiger partial charge in [-0.25, -0.2) is 0 Å². The number of nitrogens with zero attached hydrogens (tertiary/aromatic N) is 2. The molecule has 0 aliphatic carbocycles. The molecule has 9 aromatic rings. The Bertz CT molecular complexity index is 2410. The van der Waals surface area contributed by atoms with Crippen molar-refractivity contribution in [2.75, 3.05) is 0 Å². The second-order valence-electron chi connectivity index (χ2n) is 10.6. The molecule has 9 rings (SSSR count). The van der Waals surface area contributed by atoms with Crippen molar-refractivity contribution in [3.8, 4) is 22.5 Å². The average molecular weight is 541 g/mol. The molecule has 41 heavy (non-hydrogen) atoms. The first-order valence-electron chi connectivity index (χ1n) is 14.0. The third kappa shape index (κ3) is 3.24. The number of benzene rings is 6. The summed E-state index contributed by atoms with van der Waals surface area (Å²) in [5.41, 5.74) is 9.87. The number of rotatable bonds is 3. The Balaban J connectivity index is 1.38. The van der Waals surface area contributed by atoms with Crippen LogP contribution in [-0.2, 0) is 0 Å². The minimum atomic E-state index is 1.18. The smallest absolute Gasteiger partial charge is 0.0734 e. The van der Waals surface area contributed by atoms with Gasteiger partial charge in [0.2, 0.25) is 0 Å². The molecule has 0 saturated heterocycles. The van der Waals surface area contributed by atoms with Gasteiger partial charge in [-0.1, -0.05) is 91.0 Å². The zero-order valence-electron chi connectivity index (χ0n) is 22.2. The van der Waals surface area contributed by atoms with Crippen molar-refractivity contribution in [2.45, 2.75) is 0 Å². The van der Waals surface area contributed by atoms with Crippen LogP contribution in [0.25, 0.3) is 75.5 Å². The van der Waals surface area contributed by atoms with Crippen LogP contribution >= 0.6 is 11.3 Å². The summed E-state index contributed by atoms with van der Waals surface area (Å²) in [6.45, 7) is 0. The molecule has 0 aliphatic heterocycles. The standard InChI is InChI=1S/C38H24N2S/c1-3-12-26(13-4-1)39-32-19-9-7-16-29(32)31-24-25(22-23-34(31)39)28-18-11-21-35-36(28)37-38(41-35)30-17-8-10-20-33(30)40(37)27-14-5-2-6-15-27/h1-24H. The normalized spacial score (nSPS) is 11.9. The van der Waals surface area contributed by atoms with Gasteiger partial charge < -0.3 is 9.13 Å². The van der Waals surface area contributed by atoms with Crippen LogP contribution in [-0.4, -0.2) is 9.13 Å². The summed E-state index contributed by atoms with van der Waals surface area (Å²) in [6.07, 6.45) is 0. The van der Waals surface area contributed by atoms with Gasteiger partial charge in [-0.3, -0.25) is 0 Å². The van der Waals surface area contributed by atoms with E-state index in [1.165, 1.54) is 75.5 Å². The Kier molecular flexibility index (Phi) is 4.80. The lowest BCUT2D eigenvalue weighted by Crippen LogP contribution is -1.94. The largest absolute Gasteiger partial charge is 0.309 e. The van der Waals surface area contributed by atoms with E-state index in [4.69, 9.17) is 0 Å². The molecule has 6 aromatic carbocycles. The van der Waals surface area contributed by atoms with E-state index in [-0.39, 0.29) is 0 Å². The molecule has 0 unspecified atom stereocenters. The summed E-state index contributed by atoms with van der Waals surface area (Å²) < 4.78 is 7.49. The minimum Gasteiger partial charge on any atom is -0.309 e. The fourth-order valence-corrected chi connectivity index (χ4v) is 7.84. The number of para-hydroxylation sites is 4. The van der Waals surface area contributed by atoms with E-state index in [1.54, 1.807) is 0 Å². The van der Waals surface area contributed by atoms with E-state index in [2.05, 4.69) is 155 Å². The van der Waals surface area contributed by atoms with Crippen LogP contribution in [0.2, 0.25) is 0 Å². The summed E-state index contributed by atoms with van der Waals surface area (Å²) >= 11 is 1.90. The van der Waals surface area contributed by atoms with E-state index >= 15 is 0 Å². The molecule has 0 N–H and O–H groups in total. The summed E-state index contributed by atoms with van der Waals surface area (Å²) in [5.74, 6) is 0. The number of hydrogen-bond donors (Lipinski definition) is 0. The molecular formula is C38H24N2S. The van der Waals surface area contributed by atoms with Crippen LogP contribution in [0.15, 0.2) is 146 Å². The second kappa shape index (κ2) is 8.69. The van der Waals surface area contributed by atoms with Gasteiger partial charge in [0, 0.05) is 37.6 Å². The summed E-state index contributed by atoms with van der Waals surface area (Å²) in [7, 11) is 0. The fraction of sp³-hybridized carbons (Fsp3) is 0. The number of aromatic nitrogens is 2. The lowest BCUT2D eigenvalue weighted by molar-refractivity contribution is 1.18. The monoisotopic (exact) mass is 540 g/mol. The number of fused-ring (bicyclic) bond motifs is 8. The first-order valence-corrected chi connectivity index (χ1v) is 14.8. The number of hydrogen-bond acceptors (Lipinski definition) is 1. The zero-order chi connectivity index (χ0) is 26.9. The Labute approximate surface area is 240 Å². The quantitative estimate of drug-likeness (QED) is 0.211. The van der Waals surface area contributed by atoms with Crippen LogP contribution in [0.4, 0.5) is 0 Å². The maximum Gasteiger partial charge on any atom is 0.0734 e. The van der Waals surface area contributed by atoms with Crippen molar-refractivity contribution in [3.05, 3.63) is 146 Å². The topological polar surface area (TPSA) is 9.86 Å². The Hall–Kier alpha value is -5.12. The van der Waals surface area contributed by atoms with E-state index in [9.17, 15) is 0 Å². The van der Waals surface area contributed by atoms with Gasteiger partial charge in [0.15, 0.2) is 0 Å². The van der Waals surface area contributed by atoms with Crippen LogP contribution in [0, 0.1) is 0 Å². The van der Waals surface area contributed by atoms with Gasteiger partial charge in [0.05, 0.1) is 26.8 Å². The van der Waals surface area contributed by atoms with Gasteiger partial charge in [-0.15, -0.1) is 11.3 Å². The highest BCUT2D eigenvalue weighted by Crippen LogP contribution is 2.46. The van der Waals surface area contributed by atoms with Crippen molar-refractivity contribution in [3.63, 3.8) is 0 Å². The predicted octanol–water partition coefficient (Wildman–Crippen LogP) is 10.8. The molecule has 0 bridgehead atoms. The fourth-order valence-electron chi connectivity index (χ4n) is 6.59. The number of thiophene rings is 1. The van der Waals surface area contributed by atoms with Gasteiger partial charge in [-0.2, -0.15) is 0 Å². The highest BCUT2D eigenvalue weighted by Gasteiger charge is 2.21. The van der Waals surface area contributed by atoms with Gasteiger partial charge in [-0.05, 0) is 65.7 Å². The lowest BCUT2D eigenvalue weighted by Gasteiger charge is -2.11. The molecule has 192 valence electrons. The molecule has 0 amide bonds. The van der Waals surface area contributed by atoms with Crippen molar-refractivity contribution >= 4 is 64.3 Å². The zero-order valence-corrected chi connectivity index (χ0v) is 23.0. The Morgan fingerprint density at radius 1 is 0.439 bits per heavy atom. The maximum atomic E-state index is 2.45. The van der Waals surface area contributed by atoms with Crippen molar-refractivity contribution in [1.82, 2.24) is 9.13 Å². The first-order chi connectivity index (χ1) is 20.4.